The fourth-order valence-electron chi connectivity index (χ4n) is 3.86. The summed E-state index contributed by atoms with van der Waals surface area (Å²) in [6.07, 6.45) is 5.04. The Balaban J connectivity index is 1.66. The van der Waals surface area contributed by atoms with Crippen LogP contribution in [0.5, 0.6) is 0 Å². The molecule has 0 aromatic heterocycles. The number of carbonyl (C=O) groups is 1. The lowest BCUT2D eigenvalue weighted by Gasteiger charge is -2.25. The van der Waals surface area contributed by atoms with E-state index in [0.717, 1.165) is 12.3 Å². The molecule has 0 heterocycles. The Morgan fingerprint density at radius 3 is 2.72 bits per heavy atom. The summed E-state index contributed by atoms with van der Waals surface area (Å²) in [5, 5.41) is 6.58. The molecule has 136 valence electrons. The van der Waals surface area contributed by atoms with Crippen LogP contribution < -0.4 is 10.6 Å². The summed E-state index contributed by atoms with van der Waals surface area (Å²) in [7, 11) is 3.45. The highest BCUT2D eigenvalue weighted by atomic mass is 19.1. The van der Waals surface area contributed by atoms with Crippen LogP contribution >= 0.6 is 0 Å². The third-order valence-corrected chi connectivity index (χ3v) is 5.33. The van der Waals surface area contributed by atoms with Crippen molar-refractivity contribution < 1.29 is 9.18 Å². The SMILES string of the molecule is CN(C)C(=O)CNC(=NCc1ccccc1F)NC1CC2CCC1C2. The minimum atomic E-state index is -0.255. The van der Waals surface area contributed by atoms with Gasteiger partial charge in [0.25, 0.3) is 0 Å². The lowest BCUT2D eigenvalue weighted by Crippen LogP contribution is -2.48. The van der Waals surface area contributed by atoms with Crippen molar-refractivity contribution in [1.29, 1.82) is 0 Å². The summed E-state index contributed by atoms with van der Waals surface area (Å²) in [6, 6.07) is 7.06. The van der Waals surface area contributed by atoms with Gasteiger partial charge in [0.15, 0.2) is 5.96 Å². The number of aliphatic imine (C=N–C) groups is 1. The van der Waals surface area contributed by atoms with Crippen molar-refractivity contribution in [3.8, 4) is 0 Å². The first-order valence-corrected chi connectivity index (χ1v) is 9.01. The van der Waals surface area contributed by atoms with E-state index < -0.39 is 0 Å². The second-order valence-electron chi connectivity index (χ2n) is 7.32. The van der Waals surface area contributed by atoms with Crippen LogP contribution in [0.1, 0.15) is 31.2 Å². The molecule has 1 aromatic carbocycles. The number of fused-ring (bicyclic) bond motifs is 2. The monoisotopic (exact) mass is 346 g/mol. The summed E-state index contributed by atoms with van der Waals surface area (Å²) in [6.45, 7) is 0.426. The Kier molecular flexibility index (Phi) is 5.56. The van der Waals surface area contributed by atoms with E-state index in [2.05, 4.69) is 15.6 Å². The van der Waals surface area contributed by atoms with Crippen LogP contribution in [-0.2, 0) is 11.3 Å². The normalized spacial score (nSPS) is 25.1. The molecular formula is C19H27FN4O. The molecule has 1 aromatic rings. The van der Waals surface area contributed by atoms with Gasteiger partial charge in [-0.05, 0) is 37.2 Å². The Morgan fingerprint density at radius 2 is 2.08 bits per heavy atom. The zero-order valence-corrected chi connectivity index (χ0v) is 15.0. The van der Waals surface area contributed by atoms with Gasteiger partial charge in [0.1, 0.15) is 5.82 Å². The number of rotatable bonds is 5. The molecule has 1 amide bonds. The number of hydrogen-bond donors (Lipinski definition) is 2. The molecular weight excluding hydrogens is 319 g/mol. The maximum atomic E-state index is 13.8. The number of hydrogen-bond acceptors (Lipinski definition) is 2. The Morgan fingerprint density at radius 1 is 1.28 bits per heavy atom. The average Bonchev–Trinajstić information content (AvgIpc) is 3.21. The number of halogens is 1. The molecule has 0 saturated heterocycles. The molecule has 2 saturated carbocycles. The summed E-state index contributed by atoms with van der Waals surface area (Å²) in [4.78, 5) is 17.9. The molecule has 25 heavy (non-hydrogen) atoms. The Bertz CT molecular complexity index is 646. The van der Waals surface area contributed by atoms with Gasteiger partial charge in [0.05, 0.1) is 13.1 Å². The summed E-state index contributed by atoms with van der Waals surface area (Å²) >= 11 is 0. The first-order chi connectivity index (χ1) is 12.0. The molecule has 0 spiro atoms. The van der Waals surface area contributed by atoms with E-state index in [4.69, 9.17) is 0 Å². The maximum absolute atomic E-state index is 13.8. The molecule has 3 rings (SSSR count). The van der Waals surface area contributed by atoms with Gasteiger partial charge in [-0.25, -0.2) is 9.38 Å². The number of nitrogens with one attached hydrogen (secondary N) is 2. The third kappa shape index (κ3) is 4.50. The lowest BCUT2D eigenvalue weighted by molar-refractivity contribution is -0.127. The van der Waals surface area contributed by atoms with E-state index in [1.807, 2.05) is 0 Å². The largest absolute Gasteiger partial charge is 0.353 e. The highest BCUT2D eigenvalue weighted by Gasteiger charge is 2.39. The van der Waals surface area contributed by atoms with Gasteiger partial charge >= 0.3 is 0 Å². The van der Waals surface area contributed by atoms with Gasteiger partial charge < -0.3 is 15.5 Å². The van der Waals surface area contributed by atoms with Crippen LogP contribution in [0.4, 0.5) is 4.39 Å². The molecule has 3 unspecified atom stereocenters. The van der Waals surface area contributed by atoms with Crippen LogP contribution in [-0.4, -0.2) is 43.4 Å². The van der Waals surface area contributed by atoms with Gasteiger partial charge in [0, 0.05) is 25.7 Å². The summed E-state index contributed by atoms with van der Waals surface area (Å²) in [5.74, 6) is 1.83. The molecule has 3 atom stereocenters. The van der Waals surface area contributed by atoms with E-state index in [1.54, 1.807) is 37.2 Å². The van der Waals surface area contributed by atoms with Gasteiger partial charge in [0.2, 0.25) is 5.91 Å². The van der Waals surface area contributed by atoms with E-state index in [0.29, 0.717) is 23.5 Å². The fourth-order valence-corrected chi connectivity index (χ4v) is 3.86. The highest BCUT2D eigenvalue weighted by molar-refractivity contribution is 5.86. The number of guanidine groups is 1. The number of amides is 1. The molecule has 2 aliphatic carbocycles. The van der Waals surface area contributed by atoms with Crippen LogP contribution in [0.25, 0.3) is 0 Å². The Labute approximate surface area is 148 Å². The van der Waals surface area contributed by atoms with E-state index in [9.17, 15) is 9.18 Å². The van der Waals surface area contributed by atoms with Crippen LogP contribution in [0.3, 0.4) is 0 Å². The van der Waals surface area contributed by atoms with Gasteiger partial charge in [-0.2, -0.15) is 0 Å². The van der Waals surface area contributed by atoms with Crippen molar-refractivity contribution in [2.75, 3.05) is 20.6 Å². The predicted molar refractivity (Wildman–Crippen MR) is 96.6 cm³/mol. The number of nitrogens with zero attached hydrogens (tertiary/aromatic N) is 2. The van der Waals surface area contributed by atoms with Crippen molar-refractivity contribution in [2.24, 2.45) is 16.8 Å². The topological polar surface area (TPSA) is 56.7 Å². The second kappa shape index (κ2) is 7.85. The Hall–Kier alpha value is -2.11. The minimum Gasteiger partial charge on any atom is -0.353 e. The maximum Gasteiger partial charge on any atom is 0.241 e. The van der Waals surface area contributed by atoms with E-state index in [1.165, 1.54) is 25.3 Å². The molecule has 2 fully saturated rings. The molecule has 0 radical (unpaired) electrons. The summed E-state index contributed by atoms with van der Waals surface area (Å²) < 4.78 is 13.8. The molecule has 2 aliphatic rings. The second-order valence-corrected chi connectivity index (χ2v) is 7.32. The van der Waals surface area contributed by atoms with Gasteiger partial charge in [-0.1, -0.05) is 24.6 Å². The zero-order chi connectivity index (χ0) is 17.8. The smallest absolute Gasteiger partial charge is 0.241 e. The predicted octanol–water partition coefficient (Wildman–Crippen LogP) is 2.14. The van der Waals surface area contributed by atoms with E-state index >= 15 is 0 Å². The number of likely N-dealkylation sites (N-methyl/N-ethyl adjacent to an activating group) is 1. The quantitative estimate of drug-likeness (QED) is 0.634. The van der Waals surface area contributed by atoms with Crippen molar-refractivity contribution in [3.05, 3.63) is 35.6 Å². The minimum absolute atomic E-state index is 0.0201. The molecule has 6 heteroatoms. The first-order valence-electron chi connectivity index (χ1n) is 9.01. The van der Waals surface area contributed by atoms with Gasteiger partial charge in [-0.3, -0.25) is 4.79 Å². The standard InChI is InChI=1S/C19H27FN4O/c1-24(2)18(25)12-22-19(21-11-15-5-3-4-6-16(15)20)23-17-10-13-7-8-14(17)9-13/h3-6,13-14,17H,7-12H2,1-2H3,(H2,21,22,23). The molecule has 2 N–H and O–H groups in total. The zero-order valence-electron chi connectivity index (χ0n) is 15.0. The highest BCUT2D eigenvalue weighted by Crippen LogP contribution is 2.44. The fraction of sp³-hybridized carbons (Fsp3) is 0.579. The van der Waals surface area contributed by atoms with Crippen molar-refractivity contribution in [3.63, 3.8) is 0 Å². The molecule has 0 aliphatic heterocycles. The van der Waals surface area contributed by atoms with Crippen LogP contribution in [0.15, 0.2) is 29.3 Å². The van der Waals surface area contributed by atoms with Gasteiger partial charge in [-0.15, -0.1) is 0 Å². The third-order valence-electron chi connectivity index (χ3n) is 5.33. The van der Waals surface area contributed by atoms with Crippen molar-refractivity contribution in [2.45, 2.75) is 38.3 Å². The van der Waals surface area contributed by atoms with Crippen molar-refractivity contribution in [1.82, 2.24) is 15.5 Å². The van der Waals surface area contributed by atoms with Crippen LogP contribution in [0.2, 0.25) is 0 Å². The lowest BCUT2D eigenvalue weighted by atomic mass is 9.95. The summed E-state index contributed by atoms with van der Waals surface area (Å²) in [5.41, 5.74) is 0.551. The molecule has 5 nitrogen and oxygen atoms in total. The first kappa shape index (κ1) is 17.7. The molecule has 2 bridgehead atoms. The van der Waals surface area contributed by atoms with Crippen LogP contribution in [0, 0.1) is 17.7 Å². The van der Waals surface area contributed by atoms with Crippen molar-refractivity contribution >= 4 is 11.9 Å². The van der Waals surface area contributed by atoms with E-state index in [-0.39, 0.29) is 24.8 Å². The number of benzene rings is 1. The number of carbonyl (C=O) groups excluding carboxylic acids is 1. The average molecular weight is 346 g/mol.